The molecule has 0 aromatic rings. The third-order valence-corrected chi connectivity index (χ3v) is 2.24. The van der Waals surface area contributed by atoms with Crippen molar-refractivity contribution >= 4 is 11.9 Å². The molecule has 0 saturated heterocycles. The molecule has 0 aliphatic rings. The Morgan fingerprint density at radius 2 is 1.93 bits per heavy atom. The molecule has 0 saturated carbocycles. The van der Waals surface area contributed by atoms with E-state index in [4.69, 9.17) is 10.2 Å². The van der Waals surface area contributed by atoms with Gasteiger partial charge in [0.1, 0.15) is 0 Å². The van der Waals surface area contributed by atoms with Crippen LogP contribution in [0.15, 0.2) is 12.2 Å². The minimum atomic E-state index is -1.07. The molecule has 4 nitrogen and oxygen atoms in total. The second-order valence-corrected chi connectivity index (χ2v) is 3.62. The maximum Gasteiger partial charge on any atom is 0.307 e. The molecule has 0 heterocycles. The first-order valence-corrected chi connectivity index (χ1v) is 5.10. The van der Waals surface area contributed by atoms with Gasteiger partial charge >= 0.3 is 11.9 Å². The van der Waals surface area contributed by atoms with E-state index < -0.39 is 17.9 Å². The fraction of sp³-hybridized carbons (Fsp3) is 0.636. The van der Waals surface area contributed by atoms with Gasteiger partial charge in [-0.15, -0.1) is 0 Å². The number of hydrogen-bond acceptors (Lipinski definition) is 2. The van der Waals surface area contributed by atoms with Gasteiger partial charge in [0, 0.05) is 0 Å². The number of allylic oxidation sites excluding steroid dienone is 2. The van der Waals surface area contributed by atoms with Crippen LogP contribution in [0.3, 0.4) is 0 Å². The number of carbonyl (C=O) groups is 2. The summed E-state index contributed by atoms with van der Waals surface area (Å²) < 4.78 is 0. The molecule has 0 rings (SSSR count). The van der Waals surface area contributed by atoms with E-state index in [9.17, 15) is 9.59 Å². The zero-order valence-electron chi connectivity index (χ0n) is 9.14. The molecule has 2 N–H and O–H groups in total. The molecule has 86 valence electrons. The van der Waals surface area contributed by atoms with Crippen molar-refractivity contribution in [3.8, 4) is 0 Å². The monoisotopic (exact) mass is 214 g/mol. The van der Waals surface area contributed by atoms with Gasteiger partial charge in [-0.25, -0.2) is 0 Å². The molecule has 0 aromatic carbocycles. The lowest BCUT2D eigenvalue weighted by Gasteiger charge is -2.14. The van der Waals surface area contributed by atoms with E-state index >= 15 is 0 Å². The summed E-state index contributed by atoms with van der Waals surface area (Å²) in [5.74, 6) is -3.20. The van der Waals surface area contributed by atoms with Crippen molar-refractivity contribution in [1.82, 2.24) is 0 Å². The van der Waals surface area contributed by atoms with Gasteiger partial charge in [0.2, 0.25) is 0 Å². The van der Waals surface area contributed by atoms with Crippen molar-refractivity contribution in [3.63, 3.8) is 0 Å². The molecule has 2 unspecified atom stereocenters. The standard InChI is InChI=1S/C11H18O4/c1-3-4-5-6-8(2)9(11(14)15)7-10(12)13/h5-6,8-9H,3-4,7H2,1-2H3,(H,12,13)(H,14,15)/b6-5+. The van der Waals surface area contributed by atoms with Crippen molar-refractivity contribution in [2.24, 2.45) is 11.8 Å². The molecule has 0 aliphatic carbocycles. The third-order valence-electron chi connectivity index (χ3n) is 2.24. The average molecular weight is 214 g/mol. The van der Waals surface area contributed by atoms with Crippen molar-refractivity contribution in [2.45, 2.75) is 33.1 Å². The molecular weight excluding hydrogens is 196 g/mol. The van der Waals surface area contributed by atoms with Gasteiger partial charge in [-0.3, -0.25) is 9.59 Å². The number of rotatable bonds is 7. The van der Waals surface area contributed by atoms with Crippen LogP contribution >= 0.6 is 0 Å². The highest BCUT2D eigenvalue weighted by atomic mass is 16.4. The third kappa shape index (κ3) is 5.88. The first-order chi connectivity index (χ1) is 6.99. The highest BCUT2D eigenvalue weighted by Crippen LogP contribution is 2.18. The van der Waals surface area contributed by atoms with E-state index in [-0.39, 0.29) is 12.3 Å². The van der Waals surface area contributed by atoms with Crippen molar-refractivity contribution in [2.75, 3.05) is 0 Å². The minimum absolute atomic E-state index is 0.245. The van der Waals surface area contributed by atoms with Crippen molar-refractivity contribution in [3.05, 3.63) is 12.2 Å². The van der Waals surface area contributed by atoms with Crippen LogP contribution in [0.25, 0.3) is 0 Å². The summed E-state index contributed by atoms with van der Waals surface area (Å²) in [6, 6.07) is 0. The second-order valence-electron chi connectivity index (χ2n) is 3.62. The predicted molar refractivity (Wildman–Crippen MR) is 56.6 cm³/mol. The summed E-state index contributed by atoms with van der Waals surface area (Å²) in [5.41, 5.74) is 0. The number of unbranched alkanes of at least 4 members (excludes halogenated alkanes) is 1. The van der Waals surface area contributed by atoms with Crippen molar-refractivity contribution < 1.29 is 19.8 Å². The van der Waals surface area contributed by atoms with Gasteiger partial charge in [0.15, 0.2) is 0 Å². The van der Waals surface area contributed by atoms with Gasteiger partial charge in [-0.05, 0) is 12.3 Å². The molecule has 0 fully saturated rings. The quantitative estimate of drug-likeness (QED) is 0.637. The Bertz CT molecular complexity index is 245. The van der Waals surface area contributed by atoms with E-state index in [0.717, 1.165) is 12.8 Å². The second kappa shape index (κ2) is 7.04. The van der Waals surface area contributed by atoms with Gasteiger partial charge in [0.25, 0.3) is 0 Å². The fourth-order valence-electron chi connectivity index (χ4n) is 1.30. The molecule has 4 heteroatoms. The minimum Gasteiger partial charge on any atom is -0.481 e. The zero-order chi connectivity index (χ0) is 11.8. The lowest BCUT2D eigenvalue weighted by molar-refractivity contribution is -0.149. The Morgan fingerprint density at radius 3 is 2.33 bits per heavy atom. The lowest BCUT2D eigenvalue weighted by atomic mass is 9.90. The van der Waals surface area contributed by atoms with Crippen LogP contribution in [0.4, 0.5) is 0 Å². The van der Waals surface area contributed by atoms with Gasteiger partial charge in [-0.2, -0.15) is 0 Å². The molecular formula is C11H18O4. The number of aliphatic carboxylic acids is 2. The van der Waals surface area contributed by atoms with Crippen LogP contribution in [0.2, 0.25) is 0 Å². The number of hydrogen-bond donors (Lipinski definition) is 2. The van der Waals surface area contributed by atoms with E-state index in [0.29, 0.717) is 0 Å². The summed E-state index contributed by atoms with van der Waals surface area (Å²) in [4.78, 5) is 21.3. The highest BCUT2D eigenvalue weighted by Gasteiger charge is 2.25. The topological polar surface area (TPSA) is 74.6 Å². The molecule has 15 heavy (non-hydrogen) atoms. The van der Waals surface area contributed by atoms with Crippen LogP contribution in [-0.2, 0) is 9.59 Å². The zero-order valence-corrected chi connectivity index (χ0v) is 9.14. The first-order valence-electron chi connectivity index (χ1n) is 5.10. The average Bonchev–Trinajstić information content (AvgIpc) is 2.13. The summed E-state index contributed by atoms with van der Waals surface area (Å²) in [6.07, 6.45) is 5.25. The van der Waals surface area contributed by atoms with Crippen LogP contribution in [0.1, 0.15) is 33.1 Å². The summed E-state index contributed by atoms with van der Waals surface area (Å²) in [6.45, 7) is 3.76. The Balaban J connectivity index is 4.35. The molecule has 0 bridgehead atoms. The van der Waals surface area contributed by atoms with Gasteiger partial charge in [-0.1, -0.05) is 32.4 Å². The lowest BCUT2D eigenvalue weighted by Crippen LogP contribution is -2.23. The van der Waals surface area contributed by atoms with Crippen LogP contribution in [0, 0.1) is 11.8 Å². The van der Waals surface area contributed by atoms with Crippen molar-refractivity contribution in [1.29, 1.82) is 0 Å². The van der Waals surface area contributed by atoms with E-state index in [2.05, 4.69) is 0 Å². The van der Waals surface area contributed by atoms with E-state index in [1.54, 1.807) is 13.0 Å². The Morgan fingerprint density at radius 1 is 1.33 bits per heavy atom. The molecule has 2 atom stereocenters. The molecule has 0 spiro atoms. The molecule has 0 radical (unpaired) electrons. The number of carboxylic acid groups (broad SMARTS) is 2. The van der Waals surface area contributed by atoms with Crippen LogP contribution < -0.4 is 0 Å². The molecule has 0 aliphatic heterocycles. The first kappa shape index (κ1) is 13.7. The number of carboxylic acids is 2. The molecule has 0 amide bonds. The Hall–Kier alpha value is -1.32. The van der Waals surface area contributed by atoms with Crippen LogP contribution in [0.5, 0.6) is 0 Å². The molecule has 0 aromatic heterocycles. The smallest absolute Gasteiger partial charge is 0.307 e. The SMILES string of the molecule is CCC/C=C/C(C)C(CC(=O)O)C(=O)O. The van der Waals surface area contributed by atoms with Gasteiger partial charge < -0.3 is 10.2 Å². The summed E-state index contributed by atoms with van der Waals surface area (Å²) in [7, 11) is 0. The summed E-state index contributed by atoms with van der Waals surface area (Å²) in [5, 5.41) is 17.4. The maximum absolute atomic E-state index is 10.8. The predicted octanol–water partition coefficient (Wildman–Crippen LogP) is 2.15. The fourth-order valence-corrected chi connectivity index (χ4v) is 1.30. The highest BCUT2D eigenvalue weighted by molar-refractivity contribution is 5.78. The van der Waals surface area contributed by atoms with E-state index in [1.807, 2.05) is 13.0 Å². The maximum atomic E-state index is 10.8. The Labute approximate surface area is 89.6 Å². The summed E-state index contributed by atoms with van der Waals surface area (Å²) >= 11 is 0. The van der Waals surface area contributed by atoms with E-state index in [1.165, 1.54) is 0 Å². The normalized spacial score (nSPS) is 15.1. The Kier molecular flexibility index (Phi) is 6.42. The van der Waals surface area contributed by atoms with Crippen LogP contribution in [-0.4, -0.2) is 22.2 Å². The largest absolute Gasteiger partial charge is 0.481 e. The van der Waals surface area contributed by atoms with Gasteiger partial charge in [0.05, 0.1) is 12.3 Å².